The first-order chi connectivity index (χ1) is 6.09. The standard InChI is InChI=1S/C8H13N3O2/c1-5(2)9-8(12)10-7-6(3)4-13-11-7/h4-5H,1-3H3,(H2,9,10,11,12). The fourth-order valence-electron chi connectivity index (χ4n) is 0.813. The minimum atomic E-state index is -0.271. The SMILES string of the molecule is Cc1conc1NC(=O)NC(C)C. The van der Waals surface area contributed by atoms with Crippen molar-refractivity contribution in [3.8, 4) is 0 Å². The maximum atomic E-state index is 11.2. The molecule has 0 fully saturated rings. The Kier molecular flexibility index (Phi) is 2.89. The van der Waals surface area contributed by atoms with Gasteiger partial charge in [-0.25, -0.2) is 4.79 Å². The number of aromatic nitrogens is 1. The highest BCUT2D eigenvalue weighted by Gasteiger charge is 2.07. The molecule has 0 atom stereocenters. The van der Waals surface area contributed by atoms with Crippen molar-refractivity contribution in [3.05, 3.63) is 11.8 Å². The lowest BCUT2D eigenvalue weighted by Crippen LogP contribution is -2.34. The second-order valence-corrected chi connectivity index (χ2v) is 3.10. The summed E-state index contributed by atoms with van der Waals surface area (Å²) in [6.45, 7) is 5.58. The molecular formula is C8H13N3O2. The maximum absolute atomic E-state index is 11.2. The Hall–Kier alpha value is -1.52. The van der Waals surface area contributed by atoms with E-state index >= 15 is 0 Å². The predicted octanol–water partition coefficient (Wildman–Crippen LogP) is 1.51. The van der Waals surface area contributed by atoms with Crippen LogP contribution in [-0.2, 0) is 0 Å². The summed E-state index contributed by atoms with van der Waals surface area (Å²) in [5.74, 6) is 0.457. The van der Waals surface area contributed by atoms with Crippen LogP contribution in [0, 0.1) is 6.92 Å². The summed E-state index contributed by atoms with van der Waals surface area (Å²) in [5.41, 5.74) is 0.805. The van der Waals surface area contributed by atoms with Crippen LogP contribution in [-0.4, -0.2) is 17.2 Å². The fraction of sp³-hybridized carbons (Fsp3) is 0.500. The van der Waals surface area contributed by atoms with E-state index in [9.17, 15) is 4.79 Å². The van der Waals surface area contributed by atoms with Crippen molar-refractivity contribution < 1.29 is 9.32 Å². The van der Waals surface area contributed by atoms with Gasteiger partial charge in [-0.15, -0.1) is 0 Å². The molecule has 2 N–H and O–H groups in total. The molecule has 0 unspecified atom stereocenters. The Balaban J connectivity index is 2.50. The van der Waals surface area contributed by atoms with Gasteiger partial charge in [0.1, 0.15) is 6.26 Å². The Morgan fingerprint density at radius 2 is 2.31 bits per heavy atom. The number of hydrogen-bond donors (Lipinski definition) is 2. The van der Waals surface area contributed by atoms with Gasteiger partial charge in [0, 0.05) is 11.6 Å². The second-order valence-electron chi connectivity index (χ2n) is 3.10. The number of urea groups is 1. The monoisotopic (exact) mass is 183 g/mol. The molecular weight excluding hydrogens is 170 g/mol. The van der Waals surface area contributed by atoms with Crippen molar-refractivity contribution in [2.75, 3.05) is 5.32 Å². The normalized spacial score (nSPS) is 10.2. The van der Waals surface area contributed by atoms with Gasteiger partial charge in [-0.1, -0.05) is 5.16 Å². The quantitative estimate of drug-likeness (QED) is 0.730. The first-order valence-corrected chi connectivity index (χ1v) is 4.08. The third kappa shape index (κ3) is 2.77. The van der Waals surface area contributed by atoms with Crippen LogP contribution >= 0.6 is 0 Å². The van der Waals surface area contributed by atoms with Crippen LogP contribution in [0.5, 0.6) is 0 Å². The first-order valence-electron chi connectivity index (χ1n) is 4.08. The van der Waals surface area contributed by atoms with Crippen molar-refractivity contribution >= 4 is 11.8 Å². The van der Waals surface area contributed by atoms with Gasteiger partial charge in [-0.3, -0.25) is 5.32 Å². The largest absolute Gasteiger partial charge is 0.362 e. The Labute approximate surface area is 76.5 Å². The van der Waals surface area contributed by atoms with E-state index < -0.39 is 0 Å². The van der Waals surface area contributed by atoms with Crippen LogP contribution in [0.3, 0.4) is 0 Å². The molecule has 0 aliphatic heterocycles. The molecule has 5 nitrogen and oxygen atoms in total. The van der Waals surface area contributed by atoms with Gasteiger partial charge in [0.25, 0.3) is 0 Å². The number of nitrogens with zero attached hydrogens (tertiary/aromatic N) is 1. The van der Waals surface area contributed by atoms with Gasteiger partial charge >= 0.3 is 6.03 Å². The van der Waals surface area contributed by atoms with Gasteiger partial charge in [0.05, 0.1) is 0 Å². The molecule has 0 aliphatic rings. The highest BCUT2D eigenvalue weighted by Crippen LogP contribution is 2.09. The number of carbonyl (C=O) groups excluding carboxylic acids is 1. The highest BCUT2D eigenvalue weighted by molar-refractivity contribution is 5.88. The Morgan fingerprint density at radius 1 is 1.62 bits per heavy atom. The zero-order valence-corrected chi connectivity index (χ0v) is 7.92. The molecule has 13 heavy (non-hydrogen) atoms. The van der Waals surface area contributed by atoms with E-state index in [0.29, 0.717) is 5.82 Å². The number of nitrogens with one attached hydrogen (secondary N) is 2. The molecule has 2 amide bonds. The van der Waals surface area contributed by atoms with Gasteiger partial charge in [-0.2, -0.15) is 0 Å². The summed E-state index contributed by atoms with van der Waals surface area (Å²) in [7, 11) is 0. The van der Waals surface area contributed by atoms with E-state index in [4.69, 9.17) is 0 Å². The smallest absolute Gasteiger partial charge is 0.320 e. The lowest BCUT2D eigenvalue weighted by molar-refractivity contribution is 0.249. The van der Waals surface area contributed by atoms with Gasteiger partial charge in [0.2, 0.25) is 0 Å². The van der Waals surface area contributed by atoms with Gasteiger partial charge in [0.15, 0.2) is 5.82 Å². The van der Waals surface area contributed by atoms with Crippen LogP contribution < -0.4 is 10.6 Å². The van der Waals surface area contributed by atoms with E-state index in [1.165, 1.54) is 6.26 Å². The summed E-state index contributed by atoms with van der Waals surface area (Å²) in [6, 6.07) is -0.167. The van der Waals surface area contributed by atoms with Gasteiger partial charge < -0.3 is 9.84 Å². The minimum Gasteiger partial charge on any atom is -0.362 e. The molecule has 1 rings (SSSR count). The number of amides is 2. The van der Waals surface area contributed by atoms with E-state index in [0.717, 1.165) is 5.56 Å². The summed E-state index contributed by atoms with van der Waals surface area (Å²) < 4.78 is 4.66. The van der Waals surface area contributed by atoms with Gasteiger partial charge in [-0.05, 0) is 20.8 Å². The molecule has 1 aromatic heterocycles. The molecule has 0 bridgehead atoms. The second kappa shape index (κ2) is 3.93. The fourth-order valence-corrected chi connectivity index (χ4v) is 0.813. The van der Waals surface area contributed by atoms with Crippen LogP contribution in [0.2, 0.25) is 0 Å². The molecule has 0 saturated heterocycles. The third-order valence-corrected chi connectivity index (χ3v) is 1.40. The zero-order chi connectivity index (χ0) is 9.84. The number of carbonyl (C=O) groups is 1. The minimum absolute atomic E-state index is 0.104. The predicted molar refractivity (Wildman–Crippen MR) is 48.5 cm³/mol. The van der Waals surface area contributed by atoms with Crippen molar-refractivity contribution in [2.45, 2.75) is 26.8 Å². The van der Waals surface area contributed by atoms with Crippen LogP contribution in [0.1, 0.15) is 19.4 Å². The number of rotatable bonds is 2. The van der Waals surface area contributed by atoms with Crippen molar-refractivity contribution in [2.24, 2.45) is 0 Å². The van der Waals surface area contributed by atoms with Crippen molar-refractivity contribution in [3.63, 3.8) is 0 Å². The molecule has 1 heterocycles. The summed E-state index contributed by atoms with van der Waals surface area (Å²) >= 11 is 0. The van der Waals surface area contributed by atoms with Crippen LogP contribution in [0.15, 0.2) is 10.8 Å². The van der Waals surface area contributed by atoms with E-state index in [2.05, 4.69) is 20.3 Å². The maximum Gasteiger partial charge on any atom is 0.320 e. The molecule has 72 valence electrons. The summed E-state index contributed by atoms with van der Waals surface area (Å²) in [5, 5.41) is 8.86. The molecule has 0 saturated carbocycles. The van der Waals surface area contributed by atoms with Crippen molar-refractivity contribution in [1.29, 1.82) is 0 Å². The molecule has 5 heteroatoms. The zero-order valence-electron chi connectivity index (χ0n) is 7.92. The average Bonchev–Trinajstić information content (AvgIpc) is 2.34. The number of hydrogen-bond acceptors (Lipinski definition) is 3. The Morgan fingerprint density at radius 3 is 2.77 bits per heavy atom. The molecule has 0 radical (unpaired) electrons. The topological polar surface area (TPSA) is 67.2 Å². The van der Waals surface area contributed by atoms with Crippen LogP contribution in [0.25, 0.3) is 0 Å². The molecule has 0 aliphatic carbocycles. The summed E-state index contributed by atoms with van der Waals surface area (Å²) in [4.78, 5) is 11.2. The number of anilines is 1. The third-order valence-electron chi connectivity index (χ3n) is 1.40. The van der Waals surface area contributed by atoms with E-state index in [1.807, 2.05) is 20.8 Å². The Bertz CT molecular complexity index is 293. The first kappa shape index (κ1) is 9.57. The van der Waals surface area contributed by atoms with E-state index in [1.54, 1.807) is 0 Å². The average molecular weight is 183 g/mol. The van der Waals surface area contributed by atoms with Crippen molar-refractivity contribution in [1.82, 2.24) is 10.5 Å². The lowest BCUT2D eigenvalue weighted by Gasteiger charge is -2.07. The molecule has 0 spiro atoms. The number of aryl methyl sites for hydroxylation is 1. The molecule has 0 aromatic carbocycles. The van der Waals surface area contributed by atoms with Crippen LogP contribution in [0.4, 0.5) is 10.6 Å². The summed E-state index contributed by atoms with van der Waals surface area (Å²) in [6.07, 6.45) is 1.48. The molecule has 1 aromatic rings. The van der Waals surface area contributed by atoms with E-state index in [-0.39, 0.29) is 12.1 Å². The highest BCUT2D eigenvalue weighted by atomic mass is 16.5. The lowest BCUT2D eigenvalue weighted by atomic mass is 10.4.